The lowest BCUT2D eigenvalue weighted by molar-refractivity contribution is -0.384. The molecule has 1 aromatic heterocycles. The molecule has 5 nitrogen and oxygen atoms in total. The largest absolute Gasteiger partial charge is 0.439 e. The van der Waals surface area contributed by atoms with E-state index in [1.165, 1.54) is 12.1 Å². The van der Waals surface area contributed by atoms with Crippen LogP contribution in [0.5, 0.6) is 11.6 Å². The molecule has 2 rings (SSSR count). The van der Waals surface area contributed by atoms with E-state index in [2.05, 4.69) is 20.9 Å². The summed E-state index contributed by atoms with van der Waals surface area (Å²) in [6.45, 7) is 0. The number of nitrogens with zero attached hydrogens (tertiary/aromatic N) is 2. The van der Waals surface area contributed by atoms with Gasteiger partial charge in [-0.2, -0.15) is 0 Å². The molecule has 0 radical (unpaired) electrons. The van der Waals surface area contributed by atoms with Crippen molar-refractivity contribution in [2.75, 3.05) is 0 Å². The third-order valence-electron chi connectivity index (χ3n) is 2.26. The molecule has 0 saturated heterocycles. The molecule has 0 atom stereocenters. The van der Waals surface area contributed by atoms with Gasteiger partial charge in [-0.15, -0.1) is 0 Å². The fourth-order valence-electron chi connectivity index (χ4n) is 1.37. The minimum atomic E-state index is -0.450. The Morgan fingerprint density at radius 3 is 2.61 bits per heavy atom. The van der Waals surface area contributed by atoms with Gasteiger partial charge in [-0.25, -0.2) is 4.98 Å². The highest BCUT2D eigenvalue weighted by Gasteiger charge is 2.07. The Balaban J connectivity index is 2.21. The zero-order valence-corrected chi connectivity index (χ0v) is 10.8. The molecule has 0 aliphatic carbocycles. The molecule has 1 heterocycles. The van der Waals surface area contributed by atoms with Crippen LogP contribution in [-0.4, -0.2) is 9.91 Å². The summed E-state index contributed by atoms with van der Waals surface area (Å²) in [5.74, 6) is 1.00. The van der Waals surface area contributed by atoms with Gasteiger partial charge in [0.15, 0.2) is 0 Å². The summed E-state index contributed by atoms with van der Waals surface area (Å²) in [6, 6.07) is 9.59. The lowest BCUT2D eigenvalue weighted by Crippen LogP contribution is -1.93. The molecular weight excluding hydrogens is 300 g/mol. The number of hydrogen-bond donors (Lipinski definition) is 0. The van der Waals surface area contributed by atoms with Crippen molar-refractivity contribution in [3.05, 3.63) is 58.3 Å². The molecule has 92 valence electrons. The van der Waals surface area contributed by atoms with Gasteiger partial charge in [0.1, 0.15) is 5.75 Å². The van der Waals surface area contributed by atoms with Crippen LogP contribution in [-0.2, 0) is 5.33 Å². The number of rotatable bonds is 4. The lowest BCUT2D eigenvalue weighted by atomic mass is 10.3. The van der Waals surface area contributed by atoms with E-state index in [-0.39, 0.29) is 5.69 Å². The highest BCUT2D eigenvalue weighted by molar-refractivity contribution is 9.08. The highest BCUT2D eigenvalue weighted by Crippen LogP contribution is 2.25. The fourth-order valence-corrected chi connectivity index (χ4v) is 1.79. The van der Waals surface area contributed by atoms with Crippen molar-refractivity contribution < 1.29 is 9.66 Å². The lowest BCUT2D eigenvalue weighted by Gasteiger charge is -2.07. The first-order chi connectivity index (χ1) is 8.70. The van der Waals surface area contributed by atoms with Crippen LogP contribution in [0.3, 0.4) is 0 Å². The second-order valence-corrected chi connectivity index (χ2v) is 4.02. The molecule has 0 spiro atoms. The van der Waals surface area contributed by atoms with Crippen LogP contribution in [0, 0.1) is 10.1 Å². The molecule has 0 aliphatic heterocycles. The highest BCUT2D eigenvalue weighted by atomic mass is 79.9. The smallest absolute Gasteiger partial charge is 0.269 e. The molecule has 0 unspecified atom stereocenters. The van der Waals surface area contributed by atoms with Crippen LogP contribution in [0.1, 0.15) is 5.56 Å². The van der Waals surface area contributed by atoms with Gasteiger partial charge in [0.25, 0.3) is 5.69 Å². The summed E-state index contributed by atoms with van der Waals surface area (Å²) in [5, 5.41) is 11.1. The topological polar surface area (TPSA) is 65.3 Å². The van der Waals surface area contributed by atoms with Gasteiger partial charge in [0, 0.05) is 29.2 Å². The Morgan fingerprint density at radius 1 is 1.28 bits per heavy atom. The fraction of sp³-hybridized carbons (Fsp3) is 0.0833. The van der Waals surface area contributed by atoms with Gasteiger partial charge >= 0.3 is 0 Å². The maximum Gasteiger partial charge on any atom is 0.269 e. The monoisotopic (exact) mass is 308 g/mol. The zero-order chi connectivity index (χ0) is 13.0. The average Bonchev–Trinajstić information content (AvgIpc) is 2.40. The predicted octanol–water partition coefficient (Wildman–Crippen LogP) is 3.68. The van der Waals surface area contributed by atoms with Crippen molar-refractivity contribution in [3.8, 4) is 11.6 Å². The zero-order valence-electron chi connectivity index (χ0n) is 9.25. The Bertz CT molecular complexity index is 558. The number of halogens is 1. The number of hydrogen-bond acceptors (Lipinski definition) is 4. The second-order valence-electron chi connectivity index (χ2n) is 3.45. The van der Waals surface area contributed by atoms with Crippen LogP contribution in [0.15, 0.2) is 42.6 Å². The minimum absolute atomic E-state index is 0.0316. The molecule has 0 aliphatic rings. The van der Waals surface area contributed by atoms with Gasteiger partial charge in [0.05, 0.1) is 4.92 Å². The molecular formula is C12H9BrN2O3. The van der Waals surface area contributed by atoms with E-state index in [1.807, 2.05) is 12.1 Å². The molecule has 18 heavy (non-hydrogen) atoms. The molecule has 6 heteroatoms. The first-order valence-corrected chi connectivity index (χ1v) is 6.25. The van der Waals surface area contributed by atoms with Crippen molar-refractivity contribution in [3.63, 3.8) is 0 Å². The molecule has 0 bridgehead atoms. The van der Waals surface area contributed by atoms with Gasteiger partial charge in [-0.05, 0) is 18.2 Å². The van der Waals surface area contributed by atoms with Crippen LogP contribution in [0.4, 0.5) is 5.69 Å². The first-order valence-electron chi connectivity index (χ1n) is 5.13. The Morgan fingerprint density at radius 2 is 2.00 bits per heavy atom. The van der Waals surface area contributed by atoms with E-state index >= 15 is 0 Å². The number of benzene rings is 1. The van der Waals surface area contributed by atoms with Crippen molar-refractivity contribution in [2.45, 2.75) is 5.33 Å². The Hall–Kier alpha value is -1.95. The summed E-state index contributed by atoms with van der Waals surface area (Å²) in [5.41, 5.74) is 0.944. The number of alkyl halides is 1. The van der Waals surface area contributed by atoms with Gasteiger partial charge in [0.2, 0.25) is 5.88 Å². The predicted molar refractivity (Wildman–Crippen MR) is 70.0 cm³/mol. The number of pyridine rings is 1. The van der Waals surface area contributed by atoms with E-state index in [9.17, 15) is 10.1 Å². The molecule has 1 aromatic carbocycles. The van der Waals surface area contributed by atoms with Gasteiger partial charge in [-0.1, -0.05) is 22.0 Å². The standard InChI is InChI=1S/C12H9BrN2O3/c13-8-9-2-1-7-14-12(9)18-11-5-3-10(4-6-11)15(16)17/h1-7H,8H2. The molecule has 2 aromatic rings. The summed E-state index contributed by atoms with van der Waals surface area (Å²) in [6.07, 6.45) is 1.63. The number of ether oxygens (including phenoxy) is 1. The van der Waals surface area contributed by atoms with Gasteiger partial charge < -0.3 is 4.74 Å². The van der Waals surface area contributed by atoms with Crippen molar-refractivity contribution in [1.82, 2.24) is 4.98 Å². The van der Waals surface area contributed by atoms with Gasteiger partial charge in [-0.3, -0.25) is 10.1 Å². The Labute approximate surface area is 112 Å². The SMILES string of the molecule is O=[N+]([O-])c1ccc(Oc2ncccc2CBr)cc1. The molecule has 0 fully saturated rings. The van der Waals surface area contributed by atoms with Crippen LogP contribution < -0.4 is 4.74 Å². The van der Waals surface area contributed by atoms with E-state index in [1.54, 1.807) is 18.3 Å². The minimum Gasteiger partial charge on any atom is -0.439 e. The molecule has 0 amide bonds. The Kier molecular flexibility index (Phi) is 3.88. The van der Waals surface area contributed by atoms with Crippen molar-refractivity contribution in [2.24, 2.45) is 0 Å². The van der Waals surface area contributed by atoms with Crippen LogP contribution in [0.25, 0.3) is 0 Å². The van der Waals surface area contributed by atoms with Crippen LogP contribution in [0.2, 0.25) is 0 Å². The van der Waals surface area contributed by atoms with E-state index in [0.717, 1.165) is 5.56 Å². The summed E-state index contributed by atoms with van der Waals surface area (Å²) >= 11 is 3.34. The van der Waals surface area contributed by atoms with Crippen molar-refractivity contribution in [1.29, 1.82) is 0 Å². The average molecular weight is 309 g/mol. The summed E-state index contributed by atoms with van der Waals surface area (Å²) in [4.78, 5) is 14.2. The maximum atomic E-state index is 10.5. The van der Waals surface area contributed by atoms with E-state index < -0.39 is 4.92 Å². The first kappa shape index (κ1) is 12.5. The normalized spacial score (nSPS) is 10.1. The number of non-ortho nitro benzene ring substituents is 1. The second kappa shape index (κ2) is 5.59. The van der Waals surface area contributed by atoms with E-state index in [0.29, 0.717) is 17.0 Å². The quantitative estimate of drug-likeness (QED) is 0.491. The number of nitro groups is 1. The third kappa shape index (κ3) is 2.84. The summed E-state index contributed by atoms with van der Waals surface area (Å²) < 4.78 is 5.57. The number of nitro benzene ring substituents is 1. The third-order valence-corrected chi connectivity index (χ3v) is 2.86. The van der Waals surface area contributed by atoms with Crippen molar-refractivity contribution >= 4 is 21.6 Å². The van der Waals surface area contributed by atoms with E-state index in [4.69, 9.17) is 4.74 Å². The molecule has 0 saturated carbocycles. The number of aromatic nitrogens is 1. The maximum absolute atomic E-state index is 10.5. The van der Waals surface area contributed by atoms with Crippen LogP contribution >= 0.6 is 15.9 Å². The molecule has 0 N–H and O–H groups in total. The summed E-state index contributed by atoms with van der Waals surface area (Å²) in [7, 11) is 0.